The molecule has 0 atom stereocenters. The first-order valence-electron chi connectivity index (χ1n) is 5.64. The number of ether oxygens (including phenoxy) is 1. The number of thiocarbonyl (C=S) groups is 1. The molecule has 20 heavy (non-hydrogen) atoms. The van der Waals surface area contributed by atoms with Gasteiger partial charge in [-0.1, -0.05) is 47.6 Å². The summed E-state index contributed by atoms with van der Waals surface area (Å²) in [6, 6.07) is 9.54. The molecule has 0 spiro atoms. The monoisotopic (exact) mass is 329 g/mol. The standard InChI is InChI=1S/C14H10Cl2FNOS/c15-9-5-4-8(6-10(9)16)7-19-12-3-1-2-11(17)13(12)14(18)20/h1-6H,7H2,(H2,18,20). The Hall–Kier alpha value is -1.36. The largest absolute Gasteiger partial charge is 0.488 e. The molecule has 2 nitrogen and oxygen atoms in total. The zero-order chi connectivity index (χ0) is 14.7. The third kappa shape index (κ3) is 3.39. The normalized spacial score (nSPS) is 10.3. The number of halogens is 3. The molecule has 0 aliphatic rings. The van der Waals surface area contributed by atoms with Gasteiger partial charge in [0, 0.05) is 0 Å². The summed E-state index contributed by atoms with van der Waals surface area (Å²) in [6.45, 7) is 0.204. The lowest BCUT2D eigenvalue weighted by molar-refractivity contribution is 0.304. The molecule has 6 heteroatoms. The molecule has 0 fully saturated rings. The van der Waals surface area contributed by atoms with E-state index < -0.39 is 5.82 Å². The maximum Gasteiger partial charge on any atom is 0.137 e. The molecular weight excluding hydrogens is 320 g/mol. The van der Waals surface area contributed by atoms with Gasteiger partial charge in [0.15, 0.2) is 0 Å². The van der Waals surface area contributed by atoms with Gasteiger partial charge in [-0.25, -0.2) is 4.39 Å². The summed E-state index contributed by atoms with van der Waals surface area (Å²) in [5, 5.41) is 0.895. The lowest BCUT2D eigenvalue weighted by Crippen LogP contribution is -2.14. The summed E-state index contributed by atoms with van der Waals surface area (Å²) < 4.78 is 19.2. The van der Waals surface area contributed by atoms with Crippen molar-refractivity contribution in [3.05, 3.63) is 63.4 Å². The van der Waals surface area contributed by atoms with Gasteiger partial charge in [0.2, 0.25) is 0 Å². The van der Waals surface area contributed by atoms with Crippen LogP contribution in [0.5, 0.6) is 5.75 Å². The first-order chi connectivity index (χ1) is 9.49. The van der Waals surface area contributed by atoms with E-state index in [1.165, 1.54) is 12.1 Å². The van der Waals surface area contributed by atoms with Gasteiger partial charge in [0.1, 0.15) is 23.2 Å². The van der Waals surface area contributed by atoms with Crippen molar-refractivity contribution in [2.24, 2.45) is 5.73 Å². The van der Waals surface area contributed by atoms with Gasteiger partial charge in [-0.3, -0.25) is 0 Å². The van der Waals surface area contributed by atoms with Crippen LogP contribution in [0.2, 0.25) is 10.0 Å². The third-order valence-corrected chi connectivity index (χ3v) is 3.54. The predicted octanol–water partition coefficient (Wildman–Crippen LogP) is 4.35. The fourth-order valence-corrected chi connectivity index (χ4v) is 2.17. The molecule has 0 saturated carbocycles. The second-order valence-corrected chi connectivity index (χ2v) is 5.27. The molecule has 0 unspecified atom stereocenters. The van der Waals surface area contributed by atoms with Gasteiger partial charge in [-0.2, -0.15) is 0 Å². The summed E-state index contributed by atoms with van der Waals surface area (Å²) >= 11 is 16.6. The first-order valence-corrected chi connectivity index (χ1v) is 6.80. The second-order valence-electron chi connectivity index (χ2n) is 4.01. The molecule has 2 aromatic rings. The van der Waals surface area contributed by atoms with E-state index in [1.807, 2.05) is 0 Å². The molecule has 0 heterocycles. The van der Waals surface area contributed by atoms with E-state index in [9.17, 15) is 4.39 Å². The van der Waals surface area contributed by atoms with E-state index in [1.54, 1.807) is 24.3 Å². The molecule has 0 amide bonds. The minimum Gasteiger partial charge on any atom is -0.488 e. The summed E-state index contributed by atoms with van der Waals surface area (Å²) in [7, 11) is 0. The van der Waals surface area contributed by atoms with Crippen molar-refractivity contribution in [3.63, 3.8) is 0 Å². The molecule has 2 rings (SSSR count). The highest BCUT2D eigenvalue weighted by molar-refractivity contribution is 7.80. The molecule has 2 N–H and O–H groups in total. The van der Waals surface area contributed by atoms with E-state index >= 15 is 0 Å². The molecule has 0 saturated heterocycles. The van der Waals surface area contributed by atoms with Crippen LogP contribution in [0.3, 0.4) is 0 Å². The Morgan fingerprint density at radius 3 is 2.60 bits per heavy atom. The van der Waals surface area contributed by atoms with Crippen LogP contribution in [-0.2, 0) is 6.61 Å². The van der Waals surface area contributed by atoms with Crippen LogP contribution in [0.15, 0.2) is 36.4 Å². The number of rotatable bonds is 4. The summed E-state index contributed by atoms with van der Waals surface area (Å²) in [4.78, 5) is -0.0489. The number of hydrogen-bond acceptors (Lipinski definition) is 2. The number of benzene rings is 2. The van der Waals surface area contributed by atoms with E-state index in [4.69, 9.17) is 45.9 Å². The van der Waals surface area contributed by atoms with E-state index in [0.29, 0.717) is 15.8 Å². The van der Waals surface area contributed by atoms with Gasteiger partial charge >= 0.3 is 0 Å². The van der Waals surface area contributed by atoms with E-state index in [0.717, 1.165) is 5.56 Å². The van der Waals surface area contributed by atoms with Gasteiger partial charge in [0.25, 0.3) is 0 Å². The Kier molecular flexibility index (Phi) is 4.81. The molecule has 104 valence electrons. The molecule has 0 radical (unpaired) electrons. The maximum atomic E-state index is 13.7. The highest BCUT2D eigenvalue weighted by atomic mass is 35.5. The van der Waals surface area contributed by atoms with Crippen molar-refractivity contribution < 1.29 is 9.13 Å². The number of hydrogen-bond donors (Lipinski definition) is 1. The van der Waals surface area contributed by atoms with Gasteiger partial charge < -0.3 is 10.5 Å². The van der Waals surface area contributed by atoms with Crippen molar-refractivity contribution in [3.8, 4) is 5.75 Å². The van der Waals surface area contributed by atoms with Crippen molar-refractivity contribution in [2.45, 2.75) is 6.61 Å². The molecule has 0 aliphatic carbocycles. The zero-order valence-corrected chi connectivity index (χ0v) is 12.5. The number of nitrogens with two attached hydrogens (primary N) is 1. The maximum absolute atomic E-state index is 13.7. The average molecular weight is 330 g/mol. The molecule has 2 aromatic carbocycles. The molecule has 0 aliphatic heterocycles. The van der Waals surface area contributed by atoms with Crippen LogP contribution in [0.4, 0.5) is 4.39 Å². The Labute approximate surface area is 131 Å². The van der Waals surface area contributed by atoms with Gasteiger partial charge in [0.05, 0.1) is 15.6 Å². The predicted molar refractivity (Wildman–Crippen MR) is 83.1 cm³/mol. The average Bonchev–Trinajstić information content (AvgIpc) is 2.39. The highest BCUT2D eigenvalue weighted by Crippen LogP contribution is 2.25. The fourth-order valence-electron chi connectivity index (χ4n) is 1.65. The fraction of sp³-hybridized carbons (Fsp3) is 0.0714. The van der Waals surface area contributed by atoms with Crippen LogP contribution in [-0.4, -0.2) is 4.99 Å². The first kappa shape index (κ1) is 15.0. The van der Waals surface area contributed by atoms with E-state index in [2.05, 4.69) is 0 Å². The SMILES string of the molecule is NC(=S)c1c(F)cccc1OCc1ccc(Cl)c(Cl)c1. The van der Waals surface area contributed by atoms with Crippen LogP contribution >= 0.6 is 35.4 Å². The smallest absolute Gasteiger partial charge is 0.137 e. The molecular formula is C14H10Cl2FNOS. The lowest BCUT2D eigenvalue weighted by atomic mass is 10.2. The molecule has 0 bridgehead atoms. The van der Waals surface area contributed by atoms with Crippen LogP contribution < -0.4 is 10.5 Å². The van der Waals surface area contributed by atoms with Crippen LogP contribution in [0.1, 0.15) is 11.1 Å². The van der Waals surface area contributed by atoms with Crippen molar-refractivity contribution in [1.82, 2.24) is 0 Å². The Bertz CT molecular complexity index is 664. The Morgan fingerprint density at radius 2 is 1.95 bits per heavy atom. The highest BCUT2D eigenvalue weighted by Gasteiger charge is 2.12. The Morgan fingerprint density at radius 1 is 1.20 bits per heavy atom. The molecule has 0 aromatic heterocycles. The van der Waals surface area contributed by atoms with Crippen LogP contribution in [0.25, 0.3) is 0 Å². The summed E-state index contributed by atoms with van der Waals surface area (Å²) in [5.74, 6) is -0.215. The minimum atomic E-state index is -0.510. The third-order valence-electron chi connectivity index (χ3n) is 2.60. The summed E-state index contributed by atoms with van der Waals surface area (Å²) in [6.07, 6.45) is 0. The summed E-state index contributed by atoms with van der Waals surface area (Å²) in [5.41, 5.74) is 6.40. The van der Waals surface area contributed by atoms with Crippen molar-refractivity contribution in [1.29, 1.82) is 0 Å². The van der Waals surface area contributed by atoms with Crippen molar-refractivity contribution in [2.75, 3.05) is 0 Å². The quantitative estimate of drug-likeness (QED) is 0.847. The van der Waals surface area contributed by atoms with Gasteiger partial charge in [-0.15, -0.1) is 0 Å². The lowest BCUT2D eigenvalue weighted by Gasteiger charge is -2.11. The van der Waals surface area contributed by atoms with Crippen LogP contribution in [0, 0.1) is 5.82 Å². The van der Waals surface area contributed by atoms with Gasteiger partial charge in [-0.05, 0) is 29.8 Å². The second kappa shape index (κ2) is 6.39. The van der Waals surface area contributed by atoms with E-state index in [-0.39, 0.29) is 17.2 Å². The minimum absolute atomic E-state index is 0.0489. The van der Waals surface area contributed by atoms with Crippen molar-refractivity contribution >= 4 is 40.4 Å². The Balaban J connectivity index is 2.21. The topological polar surface area (TPSA) is 35.2 Å². The zero-order valence-electron chi connectivity index (χ0n) is 10.2.